The molecule has 23 heavy (non-hydrogen) atoms. The quantitative estimate of drug-likeness (QED) is 0.799. The van der Waals surface area contributed by atoms with Crippen molar-refractivity contribution in [2.24, 2.45) is 0 Å². The zero-order chi connectivity index (χ0) is 16.8. The molecular weight excluding hydrogens is 316 g/mol. The first-order valence-corrected chi connectivity index (χ1v) is 8.00. The van der Waals surface area contributed by atoms with Crippen LogP contribution in [0.4, 0.5) is 4.79 Å². The van der Waals surface area contributed by atoms with Crippen LogP contribution in [0.2, 0.25) is 0 Å². The summed E-state index contributed by atoms with van der Waals surface area (Å²) in [6, 6.07) is 7.16. The summed E-state index contributed by atoms with van der Waals surface area (Å²) in [6.07, 6.45) is 0. The highest BCUT2D eigenvalue weighted by atomic mass is 32.2. The third-order valence-electron chi connectivity index (χ3n) is 3.01. The summed E-state index contributed by atoms with van der Waals surface area (Å²) < 4.78 is 1.58. The third kappa shape index (κ3) is 4.28. The predicted octanol–water partition coefficient (Wildman–Crippen LogP) is 1.30. The first kappa shape index (κ1) is 16.9. The van der Waals surface area contributed by atoms with Gasteiger partial charge < -0.3 is 5.32 Å². The van der Waals surface area contributed by atoms with Gasteiger partial charge in [0.05, 0.1) is 10.9 Å². The number of imide groups is 1. The second-order valence-electron chi connectivity index (χ2n) is 4.77. The highest BCUT2D eigenvalue weighted by Gasteiger charge is 2.21. The molecule has 1 heterocycles. The molecule has 0 bridgehead atoms. The van der Waals surface area contributed by atoms with E-state index in [1.165, 1.54) is 11.8 Å². The molecular formula is C14H18N6O2S. The van der Waals surface area contributed by atoms with Gasteiger partial charge in [0.2, 0.25) is 11.1 Å². The van der Waals surface area contributed by atoms with Crippen molar-refractivity contribution in [2.45, 2.75) is 31.2 Å². The Kier molecular flexibility index (Phi) is 5.69. The van der Waals surface area contributed by atoms with E-state index in [1.807, 2.05) is 31.2 Å². The van der Waals surface area contributed by atoms with Crippen LogP contribution in [0, 0.1) is 6.92 Å². The molecule has 122 valence electrons. The second kappa shape index (κ2) is 7.73. The predicted molar refractivity (Wildman–Crippen MR) is 86.4 cm³/mol. The lowest BCUT2D eigenvalue weighted by Crippen LogP contribution is -2.42. The van der Waals surface area contributed by atoms with Crippen molar-refractivity contribution in [3.63, 3.8) is 0 Å². The molecule has 1 aromatic heterocycles. The van der Waals surface area contributed by atoms with E-state index in [9.17, 15) is 9.59 Å². The van der Waals surface area contributed by atoms with Crippen molar-refractivity contribution in [1.82, 2.24) is 30.8 Å². The second-order valence-corrected chi connectivity index (χ2v) is 6.08. The molecule has 0 saturated heterocycles. The van der Waals surface area contributed by atoms with Crippen LogP contribution in [0.15, 0.2) is 29.4 Å². The number of aryl methyl sites for hydroxylation is 1. The molecule has 0 aliphatic carbocycles. The highest BCUT2D eigenvalue weighted by molar-refractivity contribution is 8.00. The number of aromatic nitrogens is 4. The lowest BCUT2D eigenvalue weighted by Gasteiger charge is -2.12. The van der Waals surface area contributed by atoms with Crippen LogP contribution in [0.5, 0.6) is 0 Å². The van der Waals surface area contributed by atoms with Gasteiger partial charge in [-0.3, -0.25) is 10.1 Å². The first-order chi connectivity index (χ1) is 11.0. The van der Waals surface area contributed by atoms with E-state index in [1.54, 1.807) is 18.5 Å². The standard InChI is InChI=1S/C14H18N6O2S/c1-4-15-13(22)16-12(21)10(3)23-14-17-18-19-20(14)11-8-6-5-7-9(11)2/h5-8,10H,4H2,1-3H3,(H2,15,16,21,22). The molecule has 0 spiro atoms. The average molecular weight is 334 g/mol. The highest BCUT2D eigenvalue weighted by Crippen LogP contribution is 2.24. The van der Waals surface area contributed by atoms with E-state index in [4.69, 9.17) is 0 Å². The van der Waals surface area contributed by atoms with E-state index in [0.717, 1.165) is 11.3 Å². The zero-order valence-corrected chi connectivity index (χ0v) is 13.9. The van der Waals surface area contributed by atoms with Gasteiger partial charge in [0.15, 0.2) is 0 Å². The summed E-state index contributed by atoms with van der Waals surface area (Å²) in [4.78, 5) is 23.4. The Bertz CT molecular complexity index is 702. The zero-order valence-electron chi connectivity index (χ0n) is 13.1. The molecule has 3 amide bonds. The molecule has 0 radical (unpaired) electrons. The fraction of sp³-hybridized carbons (Fsp3) is 0.357. The maximum atomic E-state index is 12.0. The summed E-state index contributed by atoms with van der Waals surface area (Å²) in [6.45, 7) is 5.87. The minimum absolute atomic E-state index is 0.403. The van der Waals surface area contributed by atoms with Crippen LogP contribution < -0.4 is 10.6 Å². The molecule has 0 fully saturated rings. The average Bonchev–Trinajstić information content (AvgIpc) is 2.95. The van der Waals surface area contributed by atoms with Crippen molar-refractivity contribution < 1.29 is 9.59 Å². The number of rotatable bonds is 5. The summed E-state index contributed by atoms with van der Waals surface area (Å²) in [5, 5.41) is 16.4. The first-order valence-electron chi connectivity index (χ1n) is 7.12. The maximum Gasteiger partial charge on any atom is 0.321 e. The Morgan fingerprint density at radius 3 is 2.78 bits per heavy atom. The Labute approximate surface area is 138 Å². The smallest absolute Gasteiger partial charge is 0.321 e. The summed E-state index contributed by atoms with van der Waals surface area (Å²) in [5.74, 6) is -0.403. The maximum absolute atomic E-state index is 12.0. The molecule has 2 N–H and O–H groups in total. The van der Waals surface area contributed by atoms with Crippen LogP contribution in [0.1, 0.15) is 19.4 Å². The van der Waals surface area contributed by atoms with Crippen molar-refractivity contribution in [2.75, 3.05) is 6.54 Å². The Hall–Kier alpha value is -2.42. The van der Waals surface area contributed by atoms with E-state index >= 15 is 0 Å². The largest absolute Gasteiger partial charge is 0.338 e. The number of nitrogens with one attached hydrogen (secondary N) is 2. The van der Waals surface area contributed by atoms with Gasteiger partial charge in [-0.2, -0.15) is 4.68 Å². The number of thioether (sulfide) groups is 1. The van der Waals surface area contributed by atoms with Crippen LogP contribution in [0.25, 0.3) is 5.69 Å². The van der Waals surface area contributed by atoms with Crippen molar-refractivity contribution in [1.29, 1.82) is 0 Å². The van der Waals surface area contributed by atoms with E-state index in [0.29, 0.717) is 11.7 Å². The Morgan fingerprint density at radius 2 is 2.09 bits per heavy atom. The van der Waals surface area contributed by atoms with E-state index in [2.05, 4.69) is 26.2 Å². The van der Waals surface area contributed by atoms with Gasteiger partial charge in [0, 0.05) is 6.54 Å². The third-order valence-corrected chi connectivity index (χ3v) is 4.04. The van der Waals surface area contributed by atoms with Crippen molar-refractivity contribution in [3.8, 4) is 5.69 Å². The van der Waals surface area contributed by atoms with E-state index < -0.39 is 17.2 Å². The number of tetrazole rings is 1. The van der Waals surface area contributed by atoms with Crippen LogP contribution in [-0.2, 0) is 4.79 Å². The number of benzene rings is 1. The summed E-state index contributed by atoms with van der Waals surface area (Å²) in [5.41, 5.74) is 1.86. The lowest BCUT2D eigenvalue weighted by molar-refractivity contribution is -0.119. The van der Waals surface area contributed by atoms with Gasteiger partial charge in [-0.05, 0) is 42.8 Å². The van der Waals surface area contributed by atoms with Gasteiger partial charge in [0.25, 0.3) is 0 Å². The number of hydrogen-bond acceptors (Lipinski definition) is 6. The molecule has 1 unspecified atom stereocenters. The summed E-state index contributed by atoms with van der Waals surface area (Å²) in [7, 11) is 0. The molecule has 2 rings (SSSR count). The molecule has 0 aliphatic rings. The number of urea groups is 1. The molecule has 1 aromatic carbocycles. The van der Waals surface area contributed by atoms with Gasteiger partial charge in [-0.25, -0.2) is 4.79 Å². The van der Waals surface area contributed by atoms with Crippen LogP contribution in [0.3, 0.4) is 0 Å². The molecule has 0 saturated carbocycles. The minimum atomic E-state index is -0.522. The number of nitrogens with zero attached hydrogens (tertiary/aromatic N) is 4. The summed E-state index contributed by atoms with van der Waals surface area (Å²) >= 11 is 1.18. The lowest BCUT2D eigenvalue weighted by atomic mass is 10.2. The van der Waals surface area contributed by atoms with Crippen molar-refractivity contribution in [3.05, 3.63) is 29.8 Å². The number of carbonyl (C=O) groups excluding carboxylic acids is 2. The fourth-order valence-corrected chi connectivity index (χ4v) is 2.64. The van der Waals surface area contributed by atoms with Gasteiger partial charge >= 0.3 is 6.03 Å². The van der Waals surface area contributed by atoms with Gasteiger partial charge in [0.1, 0.15) is 0 Å². The molecule has 1 atom stereocenters. The number of para-hydroxylation sites is 1. The number of carbonyl (C=O) groups is 2. The van der Waals surface area contributed by atoms with Crippen LogP contribution >= 0.6 is 11.8 Å². The number of hydrogen-bond donors (Lipinski definition) is 2. The van der Waals surface area contributed by atoms with Crippen molar-refractivity contribution >= 4 is 23.7 Å². The molecule has 9 heteroatoms. The van der Waals surface area contributed by atoms with Crippen LogP contribution in [-0.4, -0.2) is 43.9 Å². The van der Waals surface area contributed by atoms with Gasteiger partial charge in [-0.1, -0.05) is 30.0 Å². The minimum Gasteiger partial charge on any atom is -0.338 e. The monoisotopic (exact) mass is 334 g/mol. The molecule has 2 aromatic rings. The normalized spacial score (nSPS) is 11.8. The SMILES string of the molecule is CCNC(=O)NC(=O)C(C)Sc1nnnn1-c1ccccc1C. The fourth-order valence-electron chi connectivity index (χ4n) is 1.83. The number of amides is 3. The van der Waals surface area contributed by atoms with E-state index in [-0.39, 0.29) is 0 Å². The Balaban J connectivity index is 2.10. The Morgan fingerprint density at radius 1 is 1.35 bits per heavy atom. The topological polar surface area (TPSA) is 102 Å². The molecule has 8 nitrogen and oxygen atoms in total. The molecule has 0 aliphatic heterocycles. The van der Waals surface area contributed by atoms with Gasteiger partial charge in [-0.15, -0.1) is 5.10 Å².